The molecule has 0 spiro atoms. The number of hydrogen-bond acceptors (Lipinski definition) is 6. The summed E-state index contributed by atoms with van der Waals surface area (Å²) in [6.45, 7) is 9.21. The summed E-state index contributed by atoms with van der Waals surface area (Å²) in [5, 5.41) is 12.0. The lowest BCUT2D eigenvalue weighted by atomic mass is 10.1. The minimum atomic E-state index is -0.0826. The first-order valence-corrected chi connectivity index (χ1v) is 9.85. The highest BCUT2D eigenvalue weighted by atomic mass is 16.7. The van der Waals surface area contributed by atoms with E-state index in [0.29, 0.717) is 19.0 Å². The molecule has 156 valence electrons. The Bertz CT molecular complexity index is 1020. The van der Waals surface area contributed by atoms with Crippen LogP contribution < -0.4 is 4.74 Å². The van der Waals surface area contributed by atoms with Crippen molar-refractivity contribution >= 4 is 17.0 Å². The molecule has 0 aliphatic carbocycles. The standard InChI is InChI=1S/C21H30N6O2/c1-8-10-17-16-11-18(22-12-19(16)26(6)24-17)20-15(4)23-27(7)21(20)29-14(3)13-25(5)28-9-2/h8,10-12,14H,9,13H2,1-7H3/b10-8+/t14-/m0/s1. The average Bonchev–Trinajstić information content (AvgIpc) is 3.11. The van der Waals surface area contributed by atoms with Crippen molar-refractivity contribution in [3.05, 3.63) is 29.7 Å². The molecule has 0 radical (unpaired) electrons. The minimum absolute atomic E-state index is 0.0826. The van der Waals surface area contributed by atoms with Gasteiger partial charge in [-0.2, -0.15) is 15.3 Å². The highest BCUT2D eigenvalue weighted by molar-refractivity contribution is 5.90. The summed E-state index contributed by atoms with van der Waals surface area (Å²) in [6.07, 6.45) is 5.77. The molecule has 0 unspecified atom stereocenters. The molecule has 3 aromatic rings. The van der Waals surface area contributed by atoms with Crippen molar-refractivity contribution in [1.29, 1.82) is 0 Å². The Morgan fingerprint density at radius 1 is 1.24 bits per heavy atom. The molecule has 0 amide bonds. The zero-order valence-electron chi connectivity index (χ0n) is 18.3. The van der Waals surface area contributed by atoms with Crippen LogP contribution in [0.25, 0.3) is 28.2 Å². The minimum Gasteiger partial charge on any atom is -0.473 e. The first kappa shape index (κ1) is 21.0. The van der Waals surface area contributed by atoms with Gasteiger partial charge in [-0.1, -0.05) is 6.08 Å². The van der Waals surface area contributed by atoms with Crippen LogP contribution in [0.1, 0.15) is 32.2 Å². The third kappa shape index (κ3) is 4.33. The van der Waals surface area contributed by atoms with E-state index in [-0.39, 0.29) is 6.10 Å². The van der Waals surface area contributed by atoms with Crippen molar-refractivity contribution < 1.29 is 9.57 Å². The van der Waals surface area contributed by atoms with Crippen LogP contribution in [0.4, 0.5) is 0 Å². The Kier molecular flexibility index (Phi) is 6.34. The molecular formula is C21H30N6O2. The van der Waals surface area contributed by atoms with Gasteiger partial charge in [0, 0.05) is 26.5 Å². The summed E-state index contributed by atoms with van der Waals surface area (Å²) in [4.78, 5) is 10.2. The molecule has 3 rings (SSSR count). The van der Waals surface area contributed by atoms with E-state index in [1.165, 1.54) is 0 Å². The van der Waals surface area contributed by atoms with E-state index in [1.807, 2.05) is 71.9 Å². The average molecular weight is 399 g/mol. The molecule has 1 atom stereocenters. The number of likely N-dealkylation sites (N-methyl/N-ethyl adjacent to an activating group) is 1. The van der Waals surface area contributed by atoms with Crippen molar-refractivity contribution in [3.63, 3.8) is 0 Å². The van der Waals surface area contributed by atoms with Gasteiger partial charge < -0.3 is 4.74 Å². The molecule has 0 bridgehead atoms. The van der Waals surface area contributed by atoms with Crippen molar-refractivity contribution in [3.8, 4) is 17.1 Å². The van der Waals surface area contributed by atoms with Crippen molar-refractivity contribution in [2.24, 2.45) is 14.1 Å². The molecule has 29 heavy (non-hydrogen) atoms. The SMILES string of the molecule is C/C=C/c1nn(C)c2cnc(-c3c(C)nn(C)c3O[C@@H](C)CN(C)OCC)cc12. The number of allylic oxidation sites excluding steroid dienone is 1. The highest BCUT2D eigenvalue weighted by Gasteiger charge is 2.22. The lowest BCUT2D eigenvalue weighted by Gasteiger charge is -2.21. The second kappa shape index (κ2) is 8.75. The molecule has 8 nitrogen and oxygen atoms in total. The van der Waals surface area contributed by atoms with Crippen molar-refractivity contribution in [2.45, 2.75) is 33.8 Å². The number of aromatic nitrogens is 5. The third-order valence-electron chi connectivity index (χ3n) is 4.69. The van der Waals surface area contributed by atoms with Gasteiger partial charge in [-0.3, -0.25) is 14.5 Å². The number of hydroxylamine groups is 2. The summed E-state index contributed by atoms with van der Waals surface area (Å²) < 4.78 is 9.88. The molecule has 0 aliphatic heterocycles. The van der Waals surface area contributed by atoms with Crippen LogP contribution in [-0.2, 0) is 18.9 Å². The van der Waals surface area contributed by atoms with Crippen LogP contribution in [0.3, 0.4) is 0 Å². The van der Waals surface area contributed by atoms with Gasteiger partial charge in [0.25, 0.3) is 0 Å². The lowest BCUT2D eigenvalue weighted by Crippen LogP contribution is -2.31. The summed E-state index contributed by atoms with van der Waals surface area (Å²) in [5.41, 5.74) is 4.50. The molecular weight excluding hydrogens is 368 g/mol. The molecule has 0 saturated carbocycles. The first-order valence-electron chi connectivity index (χ1n) is 9.85. The zero-order valence-corrected chi connectivity index (χ0v) is 18.3. The maximum atomic E-state index is 6.27. The summed E-state index contributed by atoms with van der Waals surface area (Å²) in [5.74, 6) is 0.697. The van der Waals surface area contributed by atoms with Gasteiger partial charge in [-0.25, -0.2) is 4.68 Å². The second-order valence-electron chi connectivity index (χ2n) is 7.14. The van der Waals surface area contributed by atoms with Gasteiger partial charge in [-0.15, -0.1) is 0 Å². The fourth-order valence-electron chi connectivity index (χ4n) is 3.53. The van der Waals surface area contributed by atoms with Crippen LogP contribution in [-0.4, -0.2) is 55.9 Å². The smallest absolute Gasteiger partial charge is 0.221 e. The van der Waals surface area contributed by atoms with Gasteiger partial charge in [0.05, 0.1) is 47.5 Å². The fourth-order valence-corrected chi connectivity index (χ4v) is 3.53. The number of fused-ring (bicyclic) bond motifs is 1. The Morgan fingerprint density at radius 2 is 2.00 bits per heavy atom. The van der Waals surface area contributed by atoms with Gasteiger partial charge >= 0.3 is 0 Å². The van der Waals surface area contributed by atoms with Crippen LogP contribution in [0.5, 0.6) is 5.88 Å². The number of ether oxygens (including phenoxy) is 1. The first-order chi connectivity index (χ1) is 13.8. The Hall–Kier alpha value is -2.71. The maximum absolute atomic E-state index is 6.27. The van der Waals surface area contributed by atoms with Gasteiger partial charge in [0.2, 0.25) is 5.88 Å². The predicted molar refractivity (Wildman–Crippen MR) is 115 cm³/mol. The maximum Gasteiger partial charge on any atom is 0.221 e. The predicted octanol–water partition coefficient (Wildman–Crippen LogP) is 3.36. The van der Waals surface area contributed by atoms with Crippen LogP contribution in [0, 0.1) is 6.92 Å². The molecule has 0 saturated heterocycles. The Balaban J connectivity index is 2.00. The van der Waals surface area contributed by atoms with E-state index in [0.717, 1.165) is 33.5 Å². The normalized spacial score (nSPS) is 13.1. The van der Waals surface area contributed by atoms with E-state index in [2.05, 4.69) is 16.3 Å². The van der Waals surface area contributed by atoms with Gasteiger partial charge in [-0.05, 0) is 39.8 Å². The van der Waals surface area contributed by atoms with E-state index in [4.69, 9.17) is 14.6 Å². The summed E-state index contributed by atoms with van der Waals surface area (Å²) in [7, 11) is 5.72. The second-order valence-corrected chi connectivity index (χ2v) is 7.14. The molecule has 3 aromatic heterocycles. The number of rotatable bonds is 8. The fraction of sp³-hybridized carbons (Fsp3) is 0.476. The molecule has 8 heteroatoms. The Labute approximate surface area is 171 Å². The Morgan fingerprint density at radius 3 is 2.69 bits per heavy atom. The number of pyridine rings is 1. The number of aryl methyl sites for hydroxylation is 3. The van der Waals surface area contributed by atoms with E-state index in [1.54, 1.807) is 9.75 Å². The van der Waals surface area contributed by atoms with Crippen LogP contribution in [0.15, 0.2) is 18.3 Å². The monoisotopic (exact) mass is 398 g/mol. The van der Waals surface area contributed by atoms with Crippen molar-refractivity contribution in [2.75, 3.05) is 20.2 Å². The van der Waals surface area contributed by atoms with Crippen LogP contribution >= 0.6 is 0 Å². The highest BCUT2D eigenvalue weighted by Crippen LogP contribution is 2.34. The molecule has 0 aliphatic rings. The summed E-state index contributed by atoms with van der Waals surface area (Å²) >= 11 is 0. The van der Waals surface area contributed by atoms with E-state index >= 15 is 0 Å². The molecule has 0 aromatic carbocycles. The van der Waals surface area contributed by atoms with Gasteiger partial charge in [0.15, 0.2) is 0 Å². The summed E-state index contributed by atoms with van der Waals surface area (Å²) in [6, 6.07) is 2.06. The topological polar surface area (TPSA) is 70.2 Å². The molecule has 0 N–H and O–H groups in total. The number of hydrogen-bond donors (Lipinski definition) is 0. The van der Waals surface area contributed by atoms with E-state index in [9.17, 15) is 0 Å². The van der Waals surface area contributed by atoms with Crippen LogP contribution in [0.2, 0.25) is 0 Å². The zero-order chi connectivity index (χ0) is 21.1. The third-order valence-corrected chi connectivity index (χ3v) is 4.69. The quantitative estimate of drug-likeness (QED) is 0.542. The molecule has 3 heterocycles. The van der Waals surface area contributed by atoms with Gasteiger partial charge in [0.1, 0.15) is 6.10 Å². The molecule has 0 fully saturated rings. The van der Waals surface area contributed by atoms with E-state index < -0.39 is 0 Å². The largest absolute Gasteiger partial charge is 0.473 e. The lowest BCUT2D eigenvalue weighted by molar-refractivity contribution is -0.146. The van der Waals surface area contributed by atoms with Crippen molar-refractivity contribution in [1.82, 2.24) is 29.6 Å². The number of nitrogens with zero attached hydrogens (tertiary/aromatic N) is 6.